The molecule has 5 nitrogen and oxygen atoms in total. The van der Waals surface area contributed by atoms with E-state index in [9.17, 15) is 0 Å². The fourth-order valence-electron chi connectivity index (χ4n) is 3.32. The SMILES string of the molecule is Clc1ccc2c(n1)C(c1ccccc1Cl)=NCc1nnc(-c3ccccc3)n1-2. The molecule has 7 heteroatoms. The molecular weight excluding hydrogens is 393 g/mol. The highest BCUT2D eigenvalue weighted by Crippen LogP contribution is 2.31. The van der Waals surface area contributed by atoms with Gasteiger partial charge in [-0.15, -0.1) is 10.2 Å². The van der Waals surface area contributed by atoms with Crippen LogP contribution in [0.25, 0.3) is 17.1 Å². The predicted molar refractivity (Wildman–Crippen MR) is 110 cm³/mol. The summed E-state index contributed by atoms with van der Waals surface area (Å²) in [5.74, 6) is 1.46. The normalized spacial score (nSPS) is 12.7. The highest BCUT2D eigenvalue weighted by Gasteiger charge is 2.25. The highest BCUT2D eigenvalue weighted by molar-refractivity contribution is 6.35. The molecule has 5 rings (SSSR count). The van der Waals surface area contributed by atoms with Gasteiger partial charge in [-0.05, 0) is 18.2 Å². The van der Waals surface area contributed by atoms with Crippen molar-refractivity contribution in [1.82, 2.24) is 19.7 Å². The van der Waals surface area contributed by atoms with Crippen molar-refractivity contribution in [2.24, 2.45) is 4.99 Å². The van der Waals surface area contributed by atoms with E-state index < -0.39 is 0 Å². The van der Waals surface area contributed by atoms with Gasteiger partial charge in [0.15, 0.2) is 11.6 Å². The predicted octanol–water partition coefficient (Wildman–Crippen LogP) is 4.99. The zero-order valence-corrected chi connectivity index (χ0v) is 16.1. The molecule has 0 unspecified atom stereocenters. The summed E-state index contributed by atoms with van der Waals surface area (Å²) in [5.41, 5.74) is 3.92. The molecule has 0 spiro atoms. The van der Waals surface area contributed by atoms with Crippen molar-refractivity contribution in [3.05, 3.63) is 94.0 Å². The van der Waals surface area contributed by atoms with Crippen molar-refractivity contribution >= 4 is 28.9 Å². The van der Waals surface area contributed by atoms with Gasteiger partial charge in [0.05, 0.1) is 16.4 Å². The lowest BCUT2D eigenvalue weighted by Crippen LogP contribution is -2.11. The Morgan fingerprint density at radius 3 is 2.43 bits per heavy atom. The second kappa shape index (κ2) is 6.86. The van der Waals surface area contributed by atoms with Crippen LogP contribution < -0.4 is 0 Å². The second-order valence-electron chi connectivity index (χ2n) is 6.29. The largest absolute Gasteiger partial charge is 0.275 e. The van der Waals surface area contributed by atoms with Gasteiger partial charge in [0.25, 0.3) is 0 Å². The van der Waals surface area contributed by atoms with E-state index in [-0.39, 0.29) is 0 Å². The Bertz CT molecular complexity index is 1210. The quantitative estimate of drug-likeness (QED) is 0.441. The third-order valence-electron chi connectivity index (χ3n) is 4.57. The number of pyridine rings is 1. The Balaban J connectivity index is 1.78. The summed E-state index contributed by atoms with van der Waals surface area (Å²) in [6, 6.07) is 21.2. The van der Waals surface area contributed by atoms with Crippen LogP contribution in [0.2, 0.25) is 10.2 Å². The molecule has 4 aromatic rings. The van der Waals surface area contributed by atoms with Crippen molar-refractivity contribution in [2.75, 3.05) is 0 Å². The van der Waals surface area contributed by atoms with E-state index in [1.165, 1.54) is 0 Å². The standard InChI is InChI=1S/C21H13Cl2N5/c22-15-9-5-4-8-14(15)19-20-16(10-11-17(23)25-20)28-18(12-24-19)26-27-21(28)13-6-2-1-3-7-13/h1-11H,12H2. The Morgan fingerprint density at radius 1 is 0.821 bits per heavy atom. The van der Waals surface area contributed by atoms with E-state index in [1.807, 2.05) is 65.2 Å². The van der Waals surface area contributed by atoms with Gasteiger partial charge in [-0.1, -0.05) is 71.7 Å². The monoisotopic (exact) mass is 405 g/mol. The average Bonchev–Trinajstić information content (AvgIpc) is 3.07. The van der Waals surface area contributed by atoms with Crippen LogP contribution in [-0.2, 0) is 6.54 Å². The Morgan fingerprint density at radius 2 is 1.61 bits per heavy atom. The molecule has 2 aromatic heterocycles. The van der Waals surface area contributed by atoms with Crippen LogP contribution in [0.1, 0.15) is 17.1 Å². The molecule has 0 fully saturated rings. The van der Waals surface area contributed by atoms with Gasteiger partial charge in [-0.25, -0.2) is 4.98 Å². The van der Waals surface area contributed by atoms with Gasteiger partial charge in [0.2, 0.25) is 0 Å². The van der Waals surface area contributed by atoms with Crippen molar-refractivity contribution in [1.29, 1.82) is 0 Å². The zero-order chi connectivity index (χ0) is 19.1. The molecule has 0 aliphatic carbocycles. The maximum absolute atomic E-state index is 6.45. The molecule has 3 heterocycles. The van der Waals surface area contributed by atoms with Gasteiger partial charge >= 0.3 is 0 Å². The second-order valence-corrected chi connectivity index (χ2v) is 7.08. The van der Waals surface area contributed by atoms with Gasteiger partial charge in [-0.3, -0.25) is 9.56 Å². The Kier molecular flexibility index (Phi) is 4.19. The average molecular weight is 406 g/mol. The number of halogens is 2. The molecule has 0 bridgehead atoms. The Hall–Kier alpha value is -3.02. The molecule has 1 aliphatic heterocycles. The fourth-order valence-corrected chi connectivity index (χ4v) is 3.69. The summed E-state index contributed by atoms with van der Waals surface area (Å²) in [5, 5.41) is 9.77. The number of hydrogen-bond acceptors (Lipinski definition) is 4. The molecule has 0 radical (unpaired) electrons. The first-order chi connectivity index (χ1) is 13.7. The van der Waals surface area contributed by atoms with E-state index in [4.69, 9.17) is 28.2 Å². The first kappa shape index (κ1) is 17.1. The molecule has 0 saturated heterocycles. The summed E-state index contributed by atoms with van der Waals surface area (Å²) in [7, 11) is 0. The summed E-state index contributed by atoms with van der Waals surface area (Å²) >= 11 is 12.7. The molecule has 0 N–H and O–H groups in total. The van der Waals surface area contributed by atoms with E-state index >= 15 is 0 Å². The number of rotatable bonds is 2. The van der Waals surface area contributed by atoms with Gasteiger partial charge in [0, 0.05) is 11.1 Å². The fraction of sp³-hybridized carbons (Fsp3) is 0.0476. The third-order valence-corrected chi connectivity index (χ3v) is 5.11. The number of aromatic nitrogens is 4. The molecule has 28 heavy (non-hydrogen) atoms. The minimum Gasteiger partial charge on any atom is -0.275 e. The lowest BCUT2D eigenvalue weighted by atomic mass is 10.1. The lowest BCUT2D eigenvalue weighted by molar-refractivity contribution is 0.870. The van der Waals surface area contributed by atoms with Crippen molar-refractivity contribution < 1.29 is 0 Å². The van der Waals surface area contributed by atoms with Crippen LogP contribution >= 0.6 is 23.2 Å². The first-order valence-corrected chi connectivity index (χ1v) is 9.44. The third kappa shape index (κ3) is 2.80. The molecule has 0 amide bonds. The van der Waals surface area contributed by atoms with Crippen LogP contribution in [-0.4, -0.2) is 25.5 Å². The lowest BCUT2D eigenvalue weighted by Gasteiger charge is -2.13. The van der Waals surface area contributed by atoms with Crippen LogP contribution in [0, 0.1) is 0 Å². The summed E-state index contributed by atoms with van der Waals surface area (Å²) in [6.07, 6.45) is 0. The number of nitrogens with zero attached hydrogens (tertiary/aromatic N) is 5. The molecule has 136 valence electrons. The number of benzene rings is 2. The topological polar surface area (TPSA) is 56.0 Å². The molecule has 2 aromatic carbocycles. The number of fused-ring (bicyclic) bond motifs is 3. The van der Waals surface area contributed by atoms with Crippen molar-refractivity contribution in [2.45, 2.75) is 6.54 Å². The van der Waals surface area contributed by atoms with E-state index in [1.54, 1.807) is 6.07 Å². The molecule has 1 aliphatic rings. The summed E-state index contributed by atoms with van der Waals surface area (Å²) in [6.45, 7) is 0.356. The van der Waals surface area contributed by atoms with Gasteiger partial charge < -0.3 is 0 Å². The van der Waals surface area contributed by atoms with Gasteiger partial charge in [-0.2, -0.15) is 0 Å². The van der Waals surface area contributed by atoms with Gasteiger partial charge in [0.1, 0.15) is 17.4 Å². The summed E-state index contributed by atoms with van der Waals surface area (Å²) < 4.78 is 1.99. The number of hydrogen-bond donors (Lipinski definition) is 0. The first-order valence-electron chi connectivity index (χ1n) is 8.69. The molecule has 0 saturated carbocycles. The maximum Gasteiger partial charge on any atom is 0.168 e. The smallest absolute Gasteiger partial charge is 0.168 e. The van der Waals surface area contributed by atoms with E-state index in [0.29, 0.717) is 28.1 Å². The van der Waals surface area contributed by atoms with Crippen LogP contribution in [0.15, 0.2) is 71.7 Å². The molecule has 0 atom stereocenters. The summed E-state index contributed by atoms with van der Waals surface area (Å²) in [4.78, 5) is 9.36. The van der Waals surface area contributed by atoms with Crippen molar-refractivity contribution in [3.63, 3.8) is 0 Å². The minimum atomic E-state index is 0.356. The van der Waals surface area contributed by atoms with E-state index in [2.05, 4.69) is 15.2 Å². The van der Waals surface area contributed by atoms with Crippen LogP contribution in [0.3, 0.4) is 0 Å². The van der Waals surface area contributed by atoms with Crippen LogP contribution in [0.4, 0.5) is 0 Å². The zero-order valence-electron chi connectivity index (χ0n) is 14.5. The highest BCUT2D eigenvalue weighted by atomic mass is 35.5. The van der Waals surface area contributed by atoms with E-state index in [0.717, 1.165) is 28.5 Å². The molecular formula is C21H13Cl2N5. The van der Waals surface area contributed by atoms with Crippen LogP contribution in [0.5, 0.6) is 0 Å². The van der Waals surface area contributed by atoms with Crippen molar-refractivity contribution in [3.8, 4) is 17.1 Å². The Labute approximate surface area is 171 Å². The number of aliphatic imine (C=N–C) groups is 1. The minimum absolute atomic E-state index is 0.356. The maximum atomic E-state index is 6.45.